The van der Waals surface area contributed by atoms with Gasteiger partial charge in [0.05, 0.1) is 6.33 Å². The van der Waals surface area contributed by atoms with Crippen LogP contribution in [0.3, 0.4) is 0 Å². The molecule has 0 aliphatic heterocycles. The molecule has 7 nitrogen and oxygen atoms in total. The molecule has 0 atom stereocenters. The van der Waals surface area contributed by atoms with Crippen molar-refractivity contribution < 1.29 is 13.2 Å². The molecule has 130 valence electrons. The summed E-state index contributed by atoms with van der Waals surface area (Å²) in [4.78, 5) is 17.4. The molecule has 1 N–H and O–H groups in total. The number of imidazole rings is 1. The van der Waals surface area contributed by atoms with E-state index in [1.54, 1.807) is 19.0 Å². The molecule has 0 radical (unpaired) electrons. The number of aromatic nitrogens is 2. The Morgan fingerprint density at radius 1 is 1.33 bits per heavy atom. The highest BCUT2D eigenvalue weighted by molar-refractivity contribution is 7.89. The largest absolute Gasteiger partial charge is 0.341 e. The molecule has 0 fully saturated rings. The van der Waals surface area contributed by atoms with Crippen LogP contribution in [-0.2, 0) is 28.4 Å². The SMILES string of the molecule is CN(Cc1ccccc1)C(=O)CCNS(=O)(=O)c1ncn(C)c1Cl. The monoisotopic (exact) mass is 370 g/mol. The molecule has 24 heavy (non-hydrogen) atoms. The highest BCUT2D eigenvalue weighted by Gasteiger charge is 2.22. The van der Waals surface area contributed by atoms with Gasteiger partial charge < -0.3 is 9.47 Å². The Kier molecular flexibility index (Phi) is 5.98. The Morgan fingerprint density at radius 2 is 2.00 bits per heavy atom. The topological polar surface area (TPSA) is 84.3 Å². The van der Waals surface area contributed by atoms with E-state index in [2.05, 4.69) is 9.71 Å². The van der Waals surface area contributed by atoms with E-state index >= 15 is 0 Å². The number of rotatable bonds is 7. The number of aryl methyl sites for hydroxylation is 1. The summed E-state index contributed by atoms with van der Waals surface area (Å²) in [6, 6.07) is 9.56. The van der Waals surface area contributed by atoms with Crippen LogP contribution in [0, 0.1) is 0 Å². The van der Waals surface area contributed by atoms with E-state index in [0.717, 1.165) is 5.56 Å². The van der Waals surface area contributed by atoms with Crippen molar-refractivity contribution in [2.75, 3.05) is 13.6 Å². The number of carbonyl (C=O) groups is 1. The highest BCUT2D eigenvalue weighted by Crippen LogP contribution is 2.18. The second-order valence-corrected chi connectivity index (χ2v) is 7.37. The first-order valence-electron chi connectivity index (χ1n) is 7.25. The summed E-state index contributed by atoms with van der Waals surface area (Å²) >= 11 is 5.88. The van der Waals surface area contributed by atoms with Gasteiger partial charge in [0.2, 0.25) is 10.9 Å². The lowest BCUT2D eigenvalue weighted by Crippen LogP contribution is -2.32. The van der Waals surface area contributed by atoms with E-state index in [0.29, 0.717) is 6.54 Å². The van der Waals surface area contributed by atoms with E-state index in [4.69, 9.17) is 11.6 Å². The fourth-order valence-electron chi connectivity index (χ4n) is 2.07. The van der Waals surface area contributed by atoms with Gasteiger partial charge in [-0.2, -0.15) is 0 Å². The first-order valence-corrected chi connectivity index (χ1v) is 9.12. The lowest BCUT2D eigenvalue weighted by molar-refractivity contribution is -0.130. The third-order valence-electron chi connectivity index (χ3n) is 3.41. The smallest absolute Gasteiger partial charge is 0.261 e. The van der Waals surface area contributed by atoms with Gasteiger partial charge in [-0.15, -0.1) is 0 Å². The molecule has 0 aliphatic rings. The molecule has 1 aromatic carbocycles. The van der Waals surface area contributed by atoms with Crippen molar-refractivity contribution in [2.45, 2.75) is 18.0 Å². The number of hydrogen-bond donors (Lipinski definition) is 1. The van der Waals surface area contributed by atoms with Gasteiger partial charge in [0.1, 0.15) is 5.15 Å². The maximum Gasteiger partial charge on any atom is 0.261 e. The maximum atomic E-state index is 12.1. The molecule has 1 aromatic heterocycles. The molecule has 0 spiro atoms. The standard InChI is InChI=1S/C15H19ClN4O3S/c1-19(10-12-6-4-3-5-7-12)13(21)8-9-18-24(22,23)15-14(16)20(2)11-17-15/h3-7,11,18H,8-10H2,1-2H3. The maximum absolute atomic E-state index is 12.1. The summed E-state index contributed by atoms with van der Waals surface area (Å²) in [5, 5.41) is -0.216. The summed E-state index contributed by atoms with van der Waals surface area (Å²) in [5.41, 5.74) is 1.01. The van der Waals surface area contributed by atoms with E-state index < -0.39 is 10.0 Å². The van der Waals surface area contributed by atoms with Crippen LogP contribution in [0.1, 0.15) is 12.0 Å². The molecule has 2 rings (SSSR count). The third-order valence-corrected chi connectivity index (χ3v) is 5.36. The molecule has 0 saturated carbocycles. The van der Waals surface area contributed by atoms with Crippen molar-refractivity contribution >= 4 is 27.5 Å². The van der Waals surface area contributed by atoms with Crippen LogP contribution < -0.4 is 4.72 Å². The first kappa shape index (κ1) is 18.4. The zero-order valence-corrected chi connectivity index (χ0v) is 15.0. The summed E-state index contributed by atoms with van der Waals surface area (Å²) < 4.78 is 28.0. The Hall–Kier alpha value is -1.90. The zero-order chi connectivity index (χ0) is 17.7. The second-order valence-electron chi connectivity index (χ2n) is 5.33. The van der Waals surface area contributed by atoms with Crippen LogP contribution >= 0.6 is 11.6 Å². The fourth-order valence-corrected chi connectivity index (χ4v) is 3.53. The van der Waals surface area contributed by atoms with Gasteiger partial charge in [-0.25, -0.2) is 18.1 Å². The average Bonchev–Trinajstić information content (AvgIpc) is 2.88. The van der Waals surface area contributed by atoms with Crippen molar-refractivity contribution in [3.8, 4) is 0 Å². The molecule has 1 heterocycles. The summed E-state index contributed by atoms with van der Waals surface area (Å²) in [5.74, 6) is -0.159. The molecular weight excluding hydrogens is 352 g/mol. The summed E-state index contributed by atoms with van der Waals surface area (Å²) in [6.07, 6.45) is 1.36. The first-order chi connectivity index (χ1) is 11.3. The quantitative estimate of drug-likeness (QED) is 0.798. The van der Waals surface area contributed by atoms with Crippen molar-refractivity contribution in [1.82, 2.24) is 19.2 Å². The van der Waals surface area contributed by atoms with Crippen molar-refractivity contribution in [1.29, 1.82) is 0 Å². The molecule has 0 saturated heterocycles. The molecule has 0 aliphatic carbocycles. The lowest BCUT2D eigenvalue weighted by Gasteiger charge is -2.17. The molecular formula is C15H19ClN4O3S. The predicted octanol–water partition coefficient (Wildman–Crippen LogP) is 1.40. The summed E-state index contributed by atoms with van der Waals surface area (Å²) in [6.45, 7) is 0.450. The molecule has 1 amide bonds. The van der Waals surface area contributed by atoms with Gasteiger partial charge >= 0.3 is 0 Å². The van der Waals surface area contributed by atoms with Crippen molar-refractivity contribution in [3.05, 3.63) is 47.4 Å². The van der Waals surface area contributed by atoms with E-state index in [-0.39, 0.29) is 29.1 Å². The van der Waals surface area contributed by atoms with Gasteiger partial charge in [-0.05, 0) is 5.56 Å². The van der Waals surface area contributed by atoms with Crippen LogP contribution in [0.15, 0.2) is 41.7 Å². The van der Waals surface area contributed by atoms with Crippen molar-refractivity contribution in [2.24, 2.45) is 7.05 Å². The third kappa shape index (κ3) is 4.56. The number of halogens is 1. The minimum absolute atomic E-state index is 0.0206. The average molecular weight is 371 g/mol. The lowest BCUT2D eigenvalue weighted by atomic mass is 10.2. The molecule has 9 heteroatoms. The minimum atomic E-state index is -3.83. The van der Waals surface area contributed by atoms with Crippen LogP contribution in [0.2, 0.25) is 5.15 Å². The van der Waals surface area contributed by atoms with Crippen LogP contribution in [0.25, 0.3) is 0 Å². The Morgan fingerprint density at radius 3 is 2.58 bits per heavy atom. The molecule has 0 bridgehead atoms. The normalized spacial score (nSPS) is 11.5. The number of benzene rings is 1. The number of sulfonamides is 1. The van der Waals surface area contributed by atoms with Gasteiger partial charge in [0.25, 0.3) is 10.0 Å². The Bertz CT molecular complexity index is 805. The van der Waals surface area contributed by atoms with Gasteiger partial charge in [0.15, 0.2) is 0 Å². The van der Waals surface area contributed by atoms with E-state index in [1.807, 2.05) is 30.3 Å². The number of nitrogens with zero attached hydrogens (tertiary/aromatic N) is 3. The van der Waals surface area contributed by atoms with E-state index in [1.165, 1.54) is 10.9 Å². The van der Waals surface area contributed by atoms with Crippen LogP contribution in [0.4, 0.5) is 0 Å². The Balaban J connectivity index is 1.87. The number of hydrogen-bond acceptors (Lipinski definition) is 4. The number of nitrogens with one attached hydrogen (secondary N) is 1. The fraction of sp³-hybridized carbons (Fsp3) is 0.333. The predicted molar refractivity (Wildman–Crippen MR) is 90.9 cm³/mol. The van der Waals surface area contributed by atoms with Crippen molar-refractivity contribution in [3.63, 3.8) is 0 Å². The van der Waals surface area contributed by atoms with Gasteiger partial charge in [0, 0.05) is 33.6 Å². The summed E-state index contributed by atoms with van der Waals surface area (Å²) in [7, 11) is -0.561. The number of amides is 1. The van der Waals surface area contributed by atoms with Gasteiger partial charge in [-0.1, -0.05) is 41.9 Å². The van der Waals surface area contributed by atoms with Crippen LogP contribution in [0.5, 0.6) is 0 Å². The molecule has 2 aromatic rings. The zero-order valence-electron chi connectivity index (χ0n) is 13.4. The minimum Gasteiger partial charge on any atom is -0.341 e. The van der Waals surface area contributed by atoms with Gasteiger partial charge in [-0.3, -0.25) is 4.79 Å². The van der Waals surface area contributed by atoms with E-state index in [9.17, 15) is 13.2 Å². The van der Waals surface area contributed by atoms with Crippen LogP contribution in [-0.4, -0.2) is 42.4 Å². The highest BCUT2D eigenvalue weighted by atomic mass is 35.5. The second kappa shape index (κ2) is 7.78. The number of carbonyl (C=O) groups excluding carboxylic acids is 1. The Labute approximate surface area is 146 Å². The molecule has 0 unspecified atom stereocenters.